The molecule has 1 aliphatic heterocycles. The quantitative estimate of drug-likeness (QED) is 0.246. The highest BCUT2D eigenvalue weighted by Gasteiger charge is 2.49. The summed E-state index contributed by atoms with van der Waals surface area (Å²) in [4.78, 5) is 36.4. The molecule has 1 saturated heterocycles. The Morgan fingerprint density at radius 3 is 1.86 bits per heavy atom. The molecule has 0 aromatic heterocycles. The number of azide groups is 1. The maximum Gasteiger partial charge on any atom is 0.303 e. The van der Waals surface area contributed by atoms with Gasteiger partial charge < -0.3 is 18.9 Å². The minimum absolute atomic E-state index is 0.624. The Bertz CT molecular complexity index is 503. The van der Waals surface area contributed by atoms with Gasteiger partial charge in [0, 0.05) is 25.7 Å². The van der Waals surface area contributed by atoms with Crippen molar-refractivity contribution in [2.75, 3.05) is 0 Å². The van der Waals surface area contributed by atoms with E-state index in [9.17, 15) is 14.4 Å². The summed E-state index contributed by atoms with van der Waals surface area (Å²) in [6.45, 7) is 5.01. The average Bonchev–Trinajstić information content (AvgIpc) is 2.37. The third-order valence-corrected chi connectivity index (χ3v) is 2.82. The maximum absolute atomic E-state index is 11.3. The maximum atomic E-state index is 11.3. The number of hydrogen-bond donors (Lipinski definition) is 0. The van der Waals surface area contributed by atoms with Gasteiger partial charge in [0.1, 0.15) is 0 Å². The molecule has 0 unspecified atom stereocenters. The molecule has 5 atom stereocenters. The monoisotopic (exact) mass is 315 g/mol. The summed E-state index contributed by atoms with van der Waals surface area (Å²) >= 11 is 0. The van der Waals surface area contributed by atoms with Crippen molar-refractivity contribution >= 4 is 17.9 Å². The molecule has 22 heavy (non-hydrogen) atoms. The molecule has 0 amide bonds. The summed E-state index contributed by atoms with van der Waals surface area (Å²) in [7, 11) is 0. The molecule has 0 aromatic rings. The summed E-state index contributed by atoms with van der Waals surface area (Å²) in [5, 5.41) is 3.39. The lowest BCUT2D eigenvalue weighted by molar-refractivity contribution is -0.242. The Labute approximate surface area is 126 Å². The first kappa shape index (κ1) is 17.7. The fraction of sp³-hybridized carbons (Fsp3) is 0.750. The summed E-state index contributed by atoms with van der Waals surface area (Å²) in [6.07, 6.45) is -5.33. The van der Waals surface area contributed by atoms with Crippen LogP contribution in [0.3, 0.4) is 0 Å². The molecular weight excluding hydrogens is 298 g/mol. The van der Waals surface area contributed by atoms with Gasteiger partial charge in [0.15, 0.2) is 24.5 Å². The van der Waals surface area contributed by atoms with Crippen molar-refractivity contribution in [3.8, 4) is 0 Å². The van der Waals surface area contributed by atoms with Crippen molar-refractivity contribution in [1.82, 2.24) is 0 Å². The highest BCUT2D eigenvalue weighted by molar-refractivity contribution is 5.68. The Morgan fingerprint density at radius 2 is 1.41 bits per heavy atom. The second-order valence-electron chi connectivity index (χ2n) is 4.66. The molecule has 10 nitrogen and oxygen atoms in total. The van der Waals surface area contributed by atoms with Gasteiger partial charge in [-0.25, -0.2) is 0 Å². The number of carbonyl (C=O) groups excluding carboxylic acids is 3. The van der Waals surface area contributed by atoms with Gasteiger partial charge in [-0.1, -0.05) is 5.11 Å². The van der Waals surface area contributed by atoms with Crippen molar-refractivity contribution in [2.24, 2.45) is 5.11 Å². The van der Waals surface area contributed by atoms with E-state index in [2.05, 4.69) is 10.0 Å². The number of hydrogen-bond acceptors (Lipinski definition) is 8. The van der Waals surface area contributed by atoms with Crippen LogP contribution in [0.5, 0.6) is 0 Å². The highest BCUT2D eigenvalue weighted by Crippen LogP contribution is 2.29. The SMILES string of the molecule is CC(=O)O[C@@H]1[C@@H](OC(C)=O)[C@H](C)O[C@H](N=[N+]=[N-])[C@H]1OC(C)=O. The van der Waals surface area contributed by atoms with E-state index in [0.29, 0.717) is 0 Å². The fourth-order valence-electron chi connectivity index (χ4n) is 2.13. The van der Waals surface area contributed by atoms with Gasteiger partial charge in [-0.2, -0.15) is 0 Å². The minimum atomic E-state index is -1.22. The van der Waals surface area contributed by atoms with Gasteiger partial charge in [-0.15, -0.1) is 0 Å². The first-order valence-corrected chi connectivity index (χ1v) is 6.47. The molecular formula is C12H17N3O7. The van der Waals surface area contributed by atoms with E-state index in [1.165, 1.54) is 6.92 Å². The zero-order valence-corrected chi connectivity index (χ0v) is 12.6. The van der Waals surface area contributed by atoms with Crippen LogP contribution in [0.2, 0.25) is 0 Å². The lowest BCUT2D eigenvalue weighted by atomic mass is 9.98. The third kappa shape index (κ3) is 4.61. The number of rotatable bonds is 4. The zero-order chi connectivity index (χ0) is 16.9. The van der Waals surface area contributed by atoms with Gasteiger partial charge in [0.2, 0.25) is 0 Å². The summed E-state index contributed by atoms with van der Waals surface area (Å²) in [6, 6.07) is 0. The van der Waals surface area contributed by atoms with Crippen LogP contribution in [0, 0.1) is 0 Å². The Kier molecular flexibility index (Phi) is 6.14. The highest BCUT2D eigenvalue weighted by atomic mass is 16.6. The number of carbonyl (C=O) groups is 3. The molecule has 122 valence electrons. The number of nitrogens with zero attached hydrogens (tertiary/aromatic N) is 3. The van der Waals surface area contributed by atoms with E-state index in [-0.39, 0.29) is 0 Å². The van der Waals surface area contributed by atoms with Crippen LogP contribution in [0.4, 0.5) is 0 Å². The van der Waals surface area contributed by atoms with E-state index in [0.717, 1.165) is 13.8 Å². The van der Waals surface area contributed by atoms with Gasteiger partial charge in [0.05, 0.1) is 6.10 Å². The molecule has 0 bridgehead atoms. The second kappa shape index (κ2) is 7.62. The van der Waals surface area contributed by atoms with Crippen LogP contribution in [0.1, 0.15) is 27.7 Å². The van der Waals surface area contributed by atoms with E-state index in [4.69, 9.17) is 24.5 Å². The number of ether oxygens (including phenoxy) is 4. The lowest BCUT2D eigenvalue weighted by Gasteiger charge is -2.42. The van der Waals surface area contributed by atoms with Crippen LogP contribution in [-0.2, 0) is 33.3 Å². The van der Waals surface area contributed by atoms with E-state index < -0.39 is 48.6 Å². The predicted octanol–water partition coefficient (Wildman–Crippen LogP) is 0.837. The smallest absolute Gasteiger partial charge is 0.303 e. The molecule has 0 aromatic carbocycles. The van der Waals surface area contributed by atoms with Crippen LogP contribution in [0.15, 0.2) is 5.11 Å². The standard InChI is InChI=1S/C12H17N3O7/c1-5-9(20-6(2)16)10(21-7(3)17)11(22-8(4)18)12(19-5)14-15-13/h5,9-12H,1-4H3/t5-,9-,10+,11-,12-/m0/s1. The number of esters is 3. The Hall–Kier alpha value is -2.32. The molecule has 0 N–H and O–H groups in total. The van der Waals surface area contributed by atoms with Gasteiger partial charge in [-0.05, 0) is 12.5 Å². The normalized spacial score (nSPS) is 30.6. The molecule has 1 aliphatic rings. The Balaban J connectivity index is 3.18. The van der Waals surface area contributed by atoms with Crippen LogP contribution >= 0.6 is 0 Å². The van der Waals surface area contributed by atoms with Gasteiger partial charge >= 0.3 is 17.9 Å². The molecule has 10 heteroatoms. The average molecular weight is 315 g/mol. The van der Waals surface area contributed by atoms with Gasteiger partial charge in [-0.3, -0.25) is 14.4 Å². The molecule has 1 fully saturated rings. The lowest BCUT2D eigenvalue weighted by Crippen LogP contribution is -2.59. The Morgan fingerprint density at radius 1 is 0.955 bits per heavy atom. The summed E-state index contributed by atoms with van der Waals surface area (Å²) in [5.41, 5.74) is 8.58. The predicted molar refractivity (Wildman–Crippen MR) is 70.1 cm³/mol. The second-order valence-corrected chi connectivity index (χ2v) is 4.66. The molecule has 1 heterocycles. The molecule has 0 saturated carbocycles. The molecule has 0 spiro atoms. The van der Waals surface area contributed by atoms with Crippen molar-refractivity contribution in [3.05, 3.63) is 10.4 Å². The molecule has 1 rings (SSSR count). The molecule has 0 aliphatic carbocycles. The zero-order valence-electron chi connectivity index (χ0n) is 12.6. The van der Waals surface area contributed by atoms with E-state index >= 15 is 0 Å². The van der Waals surface area contributed by atoms with Crippen LogP contribution in [-0.4, -0.2) is 48.6 Å². The first-order valence-electron chi connectivity index (χ1n) is 6.47. The van der Waals surface area contributed by atoms with Crippen molar-refractivity contribution in [1.29, 1.82) is 0 Å². The van der Waals surface area contributed by atoms with Crippen LogP contribution < -0.4 is 0 Å². The van der Waals surface area contributed by atoms with Crippen molar-refractivity contribution in [3.63, 3.8) is 0 Å². The first-order chi connectivity index (χ1) is 10.3. The van der Waals surface area contributed by atoms with Crippen molar-refractivity contribution < 1.29 is 33.3 Å². The summed E-state index contributed by atoms with van der Waals surface area (Å²) in [5.74, 6) is -1.99. The topological polar surface area (TPSA) is 137 Å². The third-order valence-electron chi connectivity index (χ3n) is 2.82. The van der Waals surface area contributed by atoms with Crippen LogP contribution in [0.25, 0.3) is 10.4 Å². The summed E-state index contributed by atoms with van der Waals surface area (Å²) < 4.78 is 20.6. The van der Waals surface area contributed by atoms with E-state index in [1.54, 1.807) is 6.92 Å². The fourth-order valence-corrected chi connectivity index (χ4v) is 2.13. The van der Waals surface area contributed by atoms with Gasteiger partial charge in [0.25, 0.3) is 0 Å². The minimum Gasteiger partial charge on any atom is -0.456 e. The van der Waals surface area contributed by atoms with E-state index in [1.807, 2.05) is 0 Å². The largest absolute Gasteiger partial charge is 0.456 e. The van der Waals surface area contributed by atoms with Crippen molar-refractivity contribution in [2.45, 2.75) is 58.3 Å². The molecule has 0 radical (unpaired) electrons.